The minimum Gasteiger partial charge on any atom is -0.481 e. The molecule has 1 N–H and O–H groups in total. The highest BCUT2D eigenvalue weighted by atomic mass is 16.6. The van der Waals surface area contributed by atoms with Crippen LogP contribution in [0, 0.1) is 10.1 Å². The Hall–Kier alpha value is -4.28. The van der Waals surface area contributed by atoms with Crippen LogP contribution in [-0.2, 0) is 0 Å². The summed E-state index contributed by atoms with van der Waals surface area (Å²) in [7, 11) is 2.92. The van der Waals surface area contributed by atoms with E-state index < -0.39 is 4.92 Å². The second-order valence-electron chi connectivity index (χ2n) is 5.37. The lowest BCUT2D eigenvalue weighted by Gasteiger charge is -2.08. The molecule has 11 nitrogen and oxygen atoms in total. The second kappa shape index (κ2) is 9.08. The number of para-hydroxylation sites is 2. The predicted octanol–water partition coefficient (Wildman–Crippen LogP) is 3.04. The molecule has 1 aromatic carbocycles. The van der Waals surface area contributed by atoms with E-state index in [1.165, 1.54) is 32.6 Å². The number of hydrogen-bond acceptors (Lipinski definition) is 10. The molecule has 0 radical (unpaired) electrons. The third-order valence-corrected chi connectivity index (χ3v) is 3.55. The molecule has 3 rings (SSSR count). The molecule has 29 heavy (non-hydrogen) atoms. The quantitative estimate of drug-likeness (QED) is 0.346. The number of hydrogen-bond donors (Lipinski definition) is 1. The molecule has 0 amide bonds. The van der Waals surface area contributed by atoms with Crippen molar-refractivity contribution in [2.24, 2.45) is 5.10 Å². The smallest absolute Gasteiger partial charge is 0.328 e. The maximum Gasteiger partial charge on any atom is 0.328 e. The third-order valence-electron chi connectivity index (χ3n) is 3.55. The Morgan fingerprint density at radius 1 is 1.10 bits per heavy atom. The van der Waals surface area contributed by atoms with Crippen LogP contribution < -0.4 is 19.6 Å². The van der Waals surface area contributed by atoms with Gasteiger partial charge in [-0.2, -0.15) is 15.1 Å². The van der Waals surface area contributed by atoms with Gasteiger partial charge in [0.15, 0.2) is 5.75 Å². The molecule has 0 fully saturated rings. The number of anilines is 1. The van der Waals surface area contributed by atoms with Crippen molar-refractivity contribution in [2.75, 3.05) is 19.6 Å². The topological polar surface area (TPSA) is 134 Å². The van der Waals surface area contributed by atoms with Gasteiger partial charge in [-0.1, -0.05) is 12.1 Å². The zero-order valence-corrected chi connectivity index (χ0v) is 15.5. The van der Waals surface area contributed by atoms with Gasteiger partial charge in [0.1, 0.15) is 11.4 Å². The van der Waals surface area contributed by atoms with Crippen LogP contribution in [0.4, 0.5) is 11.4 Å². The molecule has 11 heteroatoms. The molecule has 0 aliphatic rings. The van der Waals surface area contributed by atoms with Crippen molar-refractivity contribution in [3.63, 3.8) is 0 Å². The molecule has 0 atom stereocenters. The highest BCUT2D eigenvalue weighted by Gasteiger charge is 2.12. The van der Waals surface area contributed by atoms with Gasteiger partial charge in [-0.05, 0) is 18.2 Å². The van der Waals surface area contributed by atoms with Gasteiger partial charge >= 0.3 is 6.01 Å². The number of benzene rings is 1. The van der Waals surface area contributed by atoms with Crippen LogP contribution in [0.25, 0.3) is 0 Å². The number of hydrazone groups is 1. The van der Waals surface area contributed by atoms with Crippen LogP contribution in [0.3, 0.4) is 0 Å². The molecule has 3 aromatic rings. The highest BCUT2D eigenvalue weighted by Crippen LogP contribution is 2.25. The molecular formula is C18H16N6O5. The van der Waals surface area contributed by atoms with Crippen molar-refractivity contribution in [1.29, 1.82) is 0 Å². The lowest BCUT2D eigenvalue weighted by molar-refractivity contribution is -0.384. The van der Waals surface area contributed by atoms with E-state index in [2.05, 4.69) is 25.5 Å². The number of nitrogens with zero attached hydrogens (tertiary/aromatic N) is 5. The Kier molecular flexibility index (Phi) is 6.10. The second-order valence-corrected chi connectivity index (χ2v) is 5.37. The van der Waals surface area contributed by atoms with Gasteiger partial charge in [0, 0.05) is 12.3 Å². The summed E-state index contributed by atoms with van der Waals surface area (Å²) >= 11 is 0. The molecular weight excluding hydrogens is 380 g/mol. The van der Waals surface area contributed by atoms with E-state index in [1.807, 2.05) is 0 Å². The molecule has 0 saturated heterocycles. The van der Waals surface area contributed by atoms with Gasteiger partial charge < -0.3 is 14.2 Å². The first-order valence-electron chi connectivity index (χ1n) is 8.23. The van der Waals surface area contributed by atoms with Crippen LogP contribution >= 0.6 is 0 Å². The van der Waals surface area contributed by atoms with Gasteiger partial charge in [-0.15, -0.1) is 0 Å². The molecule has 0 spiro atoms. The van der Waals surface area contributed by atoms with Crippen molar-refractivity contribution in [3.05, 3.63) is 64.5 Å². The Morgan fingerprint density at radius 2 is 1.83 bits per heavy atom. The fourth-order valence-electron chi connectivity index (χ4n) is 2.21. The Balaban J connectivity index is 1.81. The van der Waals surface area contributed by atoms with E-state index in [1.54, 1.807) is 36.5 Å². The van der Waals surface area contributed by atoms with Crippen LogP contribution in [0.1, 0.15) is 5.69 Å². The van der Waals surface area contributed by atoms with E-state index in [0.29, 0.717) is 11.4 Å². The number of nitrogens with one attached hydrogen (secondary N) is 1. The first-order chi connectivity index (χ1) is 14.1. The zero-order chi connectivity index (χ0) is 20.6. The normalized spacial score (nSPS) is 10.6. The predicted molar refractivity (Wildman–Crippen MR) is 104 cm³/mol. The van der Waals surface area contributed by atoms with Crippen LogP contribution in [0.5, 0.6) is 23.5 Å². The first-order valence-corrected chi connectivity index (χ1v) is 8.23. The first kappa shape index (κ1) is 19.5. The number of nitro benzene ring substituents is 1. The summed E-state index contributed by atoms with van der Waals surface area (Å²) in [5, 5.41) is 15.1. The Labute approximate surface area is 165 Å². The molecule has 148 valence electrons. The average molecular weight is 396 g/mol. The number of aromatic nitrogens is 3. The summed E-state index contributed by atoms with van der Waals surface area (Å²) in [6.45, 7) is 0. The Morgan fingerprint density at radius 3 is 2.52 bits per heavy atom. The summed E-state index contributed by atoms with van der Waals surface area (Å²) in [4.78, 5) is 22.9. The maximum absolute atomic E-state index is 11.1. The van der Waals surface area contributed by atoms with E-state index in [-0.39, 0.29) is 29.1 Å². The van der Waals surface area contributed by atoms with Crippen LogP contribution in [-0.4, -0.2) is 40.3 Å². The van der Waals surface area contributed by atoms with E-state index in [9.17, 15) is 10.1 Å². The third kappa shape index (κ3) is 4.91. The number of methoxy groups -OCH3 is 2. The molecule has 0 unspecified atom stereocenters. The fourth-order valence-corrected chi connectivity index (χ4v) is 2.21. The van der Waals surface area contributed by atoms with Gasteiger partial charge in [-0.3, -0.25) is 20.5 Å². The summed E-state index contributed by atoms with van der Waals surface area (Å²) in [6, 6.07) is 11.0. The Bertz CT molecular complexity index is 1020. The minimum absolute atomic E-state index is 0.00416. The lowest BCUT2D eigenvalue weighted by Crippen LogP contribution is -2.01. The molecule has 2 aromatic heterocycles. The molecule has 0 aliphatic heterocycles. The van der Waals surface area contributed by atoms with Crippen molar-refractivity contribution < 1.29 is 19.1 Å². The standard InChI is InChI=1S/C18H16N6O5/c1-27-16-10-17(28-2)22-18(21-16)29-15-8-5-9-19-13(15)11-20-23-12-6-3-4-7-14(12)24(25)26/h3-11,23H,1-2H3/b20-11+. The van der Waals surface area contributed by atoms with Gasteiger partial charge in [0.25, 0.3) is 5.69 Å². The monoisotopic (exact) mass is 396 g/mol. The van der Waals surface area contributed by atoms with E-state index in [0.717, 1.165) is 0 Å². The highest BCUT2D eigenvalue weighted by molar-refractivity contribution is 5.81. The van der Waals surface area contributed by atoms with Crippen LogP contribution in [0.15, 0.2) is 53.8 Å². The van der Waals surface area contributed by atoms with E-state index >= 15 is 0 Å². The van der Waals surface area contributed by atoms with Crippen LogP contribution in [0.2, 0.25) is 0 Å². The van der Waals surface area contributed by atoms with Crippen molar-refractivity contribution in [1.82, 2.24) is 15.0 Å². The largest absolute Gasteiger partial charge is 0.481 e. The number of nitro groups is 1. The molecule has 2 heterocycles. The number of rotatable bonds is 8. The molecule has 0 bridgehead atoms. The molecule has 0 saturated carbocycles. The molecule has 0 aliphatic carbocycles. The summed E-state index contributed by atoms with van der Waals surface area (Å²) < 4.78 is 15.9. The van der Waals surface area contributed by atoms with E-state index in [4.69, 9.17) is 14.2 Å². The maximum atomic E-state index is 11.1. The van der Waals surface area contributed by atoms with Gasteiger partial charge in [0.05, 0.1) is 31.4 Å². The lowest BCUT2D eigenvalue weighted by atomic mass is 10.3. The SMILES string of the molecule is COc1cc(OC)nc(Oc2cccnc2/C=N/Nc2ccccc2[N+](=O)[O-])n1. The van der Waals surface area contributed by atoms with Crippen molar-refractivity contribution in [2.45, 2.75) is 0 Å². The summed E-state index contributed by atoms with van der Waals surface area (Å²) in [5.74, 6) is 0.851. The van der Waals surface area contributed by atoms with Gasteiger partial charge in [-0.25, -0.2) is 0 Å². The fraction of sp³-hybridized carbons (Fsp3) is 0.111. The number of pyridine rings is 1. The summed E-state index contributed by atoms with van der Waals surface area (Å²) in [5.41, 5.74) is 3.13. The van der Waals surface area contributed by atoms with Crippen molar-refractivity contribution in [3.8, 4) is 23.5 Å². The van der Waals surface area contributed by atoms with Crippen molar-refractivity contribution >= 4 is 17.6 Å². The van der Waals surface area contributed by atoms with Gasteiger partial charge in [0.2, 0.25) is 11.8 Å². The number of ether oxygens (including phenoxy) is 3. The zero-order valence-electron chi connectivity index (χ0n) is 15.5. The summed E-state index contributed by atoms with van der Waals surface area (Å²) in [6.07, 6.45) is 2.91. The average Bonchev–Trinajstić information content (AvgIpc) is 2.74. The minimum atomic E-state index is -0.499.